The fourth-order valence-electron chi connectivity index (χ4n) is 3.06. The van der Waals surface area contributed by atoms with Gasteiger partial charge in [-0.25, -0.2) is 13.4 Å². The monoisotopic (exact) mass is 404 g/mol. The van der Waals surface area contributed by atoms with Gasteiger partial charge in [0.25, 0.3) is 5.91 Å². The van der Waals surface area contributed by atoms with Crippen LogP contribution in [0.15, 0.2) is 47.1 Å². The summed E-state index contributed by atoms with van der Waals surface area (Å²) in [6.45, 7) is 2.41. The van der Waals surface area contributed by atoms with Gasteiger partial charge in [0.05, 0.1) is 23.7 Å². The van der Waals surface area contributed by atoms with E-state index < -0.39 is 15.7 Å². The number of nitrogens with zero attached hydrogens (tertiary/aromatic N) is 3. The molecule has 0 saturated carbocycles. The number of nitriles is 1. The Labute approximate surface area is 163 Å². The Bertz CT molecular complexity index is 920. The fourth-order valence-corrected chi connectivity index (χ4v) is 6.95. The zero-order chi connectivity index (χ0) is 19.4. The number of para-hydroxylation sites is 1. The molecule has 2 fully saturated rings. The van der Waals surface area contributed by atoms with Crippen LogP contribution in [0.5, 0.6) is 0 Å². The largest absolute Gasteiger partial charge is 0.351 e. The summed E-state index contributed by atoms with van der Waals surface area (Å²) in [5, 5.41) is 12.4. The third-order valence-electron chi connectivity index (χ3n) is 4.31. The molecule has 1 N–H and O–H groups in total. The Kier molecular flexibility index (Phi) is 5.87. The number of aliphatic imine (C=N–C) groups is 1. The van der Waals surface area contributed by atoms with Gasteiger partial charge in [0.2, 0.25) is 0 Å². The summed E-state index contributed by atoms with van der Waals surface area (Å²) in [6, 6.07) is 11.1. The number of carbonyl (C=O) groups is 1. The van der Waals surface area contributed by atoms with E-state index in [0.717, 1.165) is 12.1 Å². The average molecular weight is 405 g/mol. The first-order valence-corrected chi connectivity index (χ1v) is 11.3. The summed E-state index contributed by atoms with van der Waals surface area (Å²) in [5.74, 6) is -0.276. The number of rotatable bonds is 5. The van der Waals surface area contributed by atoms with Crippen LogP contribution in [0.3, 0.4) is 0 Å². The molecule has 2 heterocycles. The second kappa shape index (κ2) is 8.15. The number of anilines is 1. The summed E-state index contributed by atoms with van der Waals surface area (Å²) in [7, 11) is -3.08. The van der Waals surface area contributed by atoms with E-state index in [1.807, 2.05) is 48.2 Å². The van der Waals surface area contributed by atoms with Gasteiger partial charge in [0, 0.05) is 17.5 Å². The smallest absolute Gasteiger partial charge is 0.263 e. The zero-order valence-corrected chi connectivity index (χ0v) is 16.5. The molecule has 9 heteroatoms. The lowest BCUT2D eigenvalue weighted by Crippen LogP contribution is -2.37. The van der Waals surface area contributed by atoms with E-state index in [9.17, 15) is 18.5 Å². The van der Waals surface area contributed by atoms with Gasteiger partial charge in [-0.1, -0.05) is 36.9 Å². The van der Waals surface area contributed by atoms with E-state index in [4.69, 9.17) is 0 Å². The van der Waals surface area contributed by atoms with Crippen molar-refractivity contribution in [1.29, 1.82) is 5.26 Å². The molecule has 142 valence electrons. The Morgan fingerprint density at radius 1 is 1.41 bits per heavy atom. The van der Waals surface area contributed by atoms with E-state index in [1.165, 1.54) is 18.0 Å². The molecule has 2 aliphatic rings. The van der Waals surface area contributed by atoms with Gasteiger partial charge in [-0.2, -0.15) is 5.26 Å². The first-order valence-electron chi connectivity index (χ1n) is 8.63. The molecule has 1 aromatic rings. The van der Waals surface area contributed by atoms with Crippen molar-refractivity contribution >= 4 is 38.4 Å². The minimum absolute atomic E-state index is 0.0738. The van der Waals surface area contributed by atoms with Crippen molar-refractivity contribution in [3.8, 4) is 6.07 Å². The number of thioether (sulfide) groups is 1. The molecule has 1 aromatic carbocycles. The topological polar surface area (TPSA) is 103 Å². The third kappa shape index (κ3) is 4.34. The summed E-state index contributed by atoms with van der Waals surface area (Å²) in [6.07, 6.45) is 2.03. The number of fused-ring (bicyclic) bond motifs is 1. The van der Waals surface area contributed by atoms with Crippen molar-refractivity contribution in [2.24, 2.45) is 4.99 Å². The van der Waals surface area contributed by atoms with Crippen LogP contribution in [0.25, 0.3) is 0 Å². The van der Waals surface area contributed by atoms with Crippen LogP contribution < -0.4 is 10.2 Å². The van der Waals surface area contributed by atoms with E-state index >= 15 is 0 Å². The van der Waals surface area contributed by atoms with Crippen LogP contribution in [0.4, 0.5) is 5.69 Å². The number of hydrogen-bond acceptors (Lipinski definition) is 6. The molecule has 27 heavy (non-hydrogen) atoms. The molecule has 7 nitrogen and oxygen atoms in total. The Morgan fingerprint density at radius 2 is 2.15 bits per heavy atom. The standard InChI is InChI=1S/C18H20N4O3S2/c1-2-8-20-17(23)13(9-19)10-21-18-22(14-6-4-3-5-7-14)15-11-27(24,25)12-16(15)26-18/h3-7,10,15-16H,2,8,11-12H2,1H3,(H,20,23)/b13-10+,21-18?/t15-,16+/m0/s1. The van der Waals surface area contributed by atoms with Crippen molar-refractivity contribution in [3.05, 3.63) is 42.1 Å². The average Bonchev–Trinajstić information content (AvgIpc) is 3.12. The maximum absolute atomic E-state index is 12.0. The lowest BCUT2D eigenvalue weighted by atomic mass is 10.2. The quantitative estimate of drug-likeness (QED) is 0.592. The third-order valence-corrected chi connectivity index (χ3v) is 7.53. The van der Waals surface area contributed by atoms with Gasteiger partial charge in [-0.3, -0.25) is 4.79 Å². The van der Waals surface area contributed by atoms with Crippen molar-refractivity contribution in [3.63, 3.8) is 0 Å². The minimum atomic E-state index is -3.08. The van der Waals surface area contributed by atoms with Crippen LogP contribution in [-0.4, -0.2) is 48.8 Å². The maximum atomic E-state index is 12.0. The van der Waals surface area contributed by atoms with E-state index in [-0.39, 0.29) is 28.4 Å². The molecule has 1 amide bonds. The Balaban J connectivity index is 1.92. The predicted molar refractivity (Wildman–Crippen MR) is 107 cm³/mol. The Morgan fingerprint density at radius 3 is 2.81 bits per heavy atom. The van der Waals surface area contributed by atoms with E-state index in [2.05, 4.69) is 10.3 Å². The van der Waals surface area contributed by atoms with Gasteiger partial charge < -0.3 is 10.2 Å². The number of amides is 1. The highest BCUT2D eigenvalue weighted by Gasteiger charge is 2.49. The molecular formula is C18H20N4O3S2. The summed E-state index contributed by atoms with van der Waals surface area (Å²) < 4.78 is 24.1. The summed E-state index contributed by atoms with van der Waals surface area (Å²) in [4.78, 5) is 18.3. The predicted octanol–water partition coefficient (Wildman–Crippen LogP) is 1.70. The first kappa shape index (κ1) is 19.5. The zero-order valence-electron chi connectivity index (χ0n) is 14.8. The van der Waals surface area contributed by atoms with Crippen molar-refractivity contribution < 1.29 is 13.2 Å². The fraction of sp³-hybridized carbons (Fsp3) is 0.389. The van der Waals surface area contributed by atoms with Crippen LogP contribution in [0.1, 0.15) is 13.3 Å². The minimum Gasteiger partial charge on any atom is -0.351 e. The normalized spacial score (nSPS) is 25.3. The molecule has 0 unspecified atom stereocenters. The van der Waals surface area contributed by atoms with Gasteiger partial charge in [0.15, 0.2) is 15.0 Å². The molecule has 0 bridgehead atoms. The molecule has 2 aliphatic heterocycles. The van der Waals surface area contributed by atoms with E-state index in [0.29, 0.717) is 11.7 Å². The van der Waals surface area contributed by atoms with Gasteiger partial charge in [0.1, 0.15) is 11.6 Å². The van der Waals surface area contributed by atoms with Gasteiger partial charge in [-0.05, 0) is 18.6 Å². The van der Waals surface area contributed by atoms with Crippen molar-refractivity contribution in [2.45, 2.75) is 24.6 Å². The van der Waals surface area contributed by atoms with Crippen LogP contribution in [0.2, 0.25) is 0 Å². The van der Waals surface area contributed by atoms with E-state index in [1.54, 1.807) is 0 Å². The number of carbonyl (C=O) groups excluding carboxylic acids is 1. The molecule has 2 saturated heterocycles. The Hall–Kier alpha value is -2.31. The number of hydrogen-bond donors (Lipinski definition) is 1. The number of nitrogens with one attached hydrogen (secondary N) is 1. The van der Waals surface area contributed by atoms with Crippen LogP contribution in [-0.2, 0) is 14.6 Å². The highest BCUT2D eigenvalue weighted by Crippen LogP contribution is 2.40. The highest BCUT2D eigenvalue weighted by molar-refractivity contribution is 8.16. The molecule has 0 aromatic heterocycles. The molecule has 0 spiro atoms. The SMILES string of the molecule is CCCNC(=O)/C(C#N)=C/N=C1S[C@@H]2CS(=O)(=O)C[C@@H]2N1c1ccccc1. The number of amidine groups is 1. The number of benzene rings is 1. The lowest BCUT2D eigenvalue weighted by molar-refractivity contribution is -0.117. The van der Waals surface area contributed by atoms with Crippen molar-refractivity contribution in [2.75, 3.05) is 23.0 Å². The van der Waals surface area contributed by atoms with Crippen molar-refractivity contribution in [1.82, 2.24) is 5.32 Å². The number of sulfone groups is 1. The summed E-state index contributed by atoms with van der Waals surface area (Å²) >= 11 is 1.38. The second-order valence-corrected chi connectivity index (χ2v) is 9.69. The van der Waals surface area contributed by atoms with Gasteiger partial charge in [-0.15, -0.1) is 0 Å². The second-order valence-electron chi connectivity index (χ2n) is 6.33. The summed E-state index contributed by atoms with van der Waals surface area (Å²) in [5.41, 5.74) is 0.768. The molecule has 2 atom stereocenters. The lowest BCUT2D eigenvalue weighted by Gasteiger charge is -2.24. The highest BCUT2D eigenvalue weighted by atomic mass is 32.2. The van der Waals surface area contributed by atoms with Gasteiger partial charge >= 0.3 is 0 Å². The first-order chi connectivity index (χ1) is 12.9. The molecule has 0 radical (unpaired) electrons. The van der Waals surface area contributed by atoms with Crippen LogP contribution >= 0.6 is 11.8 Å². The molecule has 0 aliphatic carbocycles. The van der Waals surface area contributed by atoms with Crippen LogP contribution in [0, 0.1) is 11.3 Å². The molecular weight excluding hydrogens is 384 g/mol. The maximum Gasteiger partial charge on any atom is 0.263 e. The molecule has 3 rings (SSSR count).